The van der Waals surface area contributed by atoms with E-state index in [-0.39, 0.29) is 11.9 Å². The summed E-state index contributed by atoms with van der Waals surface area (Å²) in [6, 6.07) is 6.54. The Morgan fingerprint density at radius 2 is 1.82 bits per heavy atom. The zero-order valence-electron chi connectivity index (χ0n) is 12.9. The topological polar surface area (TPSA) is 110 Å². The van der Waals surface area contributed by atoms with Crippen LogP contribution >= 0.6 is 0 Å². The van der Waals surface area contributed by atoms with Crippen molar-refractivity contribution in [3.63, 3.8) is 0 Å². The first-order valence-electron chi connectivity index (χ1n) is 7.64. The van der Waals surface area contributed by atoms with Crippen molar-refractivity contribution in [2.75, 3.05) is 11.9 Å². The Hall–Kier alpha value is -2.08. The van der Waals surface area contributed by atoms with Crippen LogP contribution in [0.25, 0.3) is 0 Å². The summed E-state index contributed by atoms with van der Waals surface area (Å²) >= 11 is 0. The van der Waals surface area contributed by atoms with E-state index in [1.54, 1.807) is 12.1 Å². The van der Waals surface area contributed by atoms with E-state index in [9.17, 15) is 9.59 Å². The molecule has 1 aliphatic rings. The molecule has 0 aromatic heterocycles. The van der Waals surface area contributed by atoms with Crippen LogP contribution < -0.4 is 22.1 Å². The first-order valence-corrected chi connectivity index (χ1v) is 7.64. The molecule has 1 unspecified atom stereocenters. The Morgan fingerprint density at radius 3 is 2.32 bits per heavy atom. The van der Waals surface area contributed by atoms with E-state index in [0.717, 1.165) is 31.2 Å². The number of anilines is 1. The molecule has 1 atom stereocenters. The fourth-order valence-electron chi connectivity index (χ4n) is 3.01. The SMILES string of the molecule is CC(NC(=O)C1(CN)CCCC1)c1ccc(NC(N)=O)cc1. The van der Waals surface area contributed by atoms with Gasteiger partial charge in [-0.05, 0) is 37.5 Å². The molecule has 3 amide bonds. The van der Waals surface area contributed by atoms with Crippen molar-refractivity contribution < 1.29 is 9.59 Å². The van der Waals surface area contributed by atoms with Crippen LogP contribution in [0.1, 0.15) is 44.2 Å². The lowest BCUT2D eigenvalue weighted by molar-refractivity contribution is -0.131. The molecule has 1 aliphatic carbocycles. The number of nitrogens with two attached hydrogens (primary N) is 2. The van der Waals surface area contributed by atoms with E-state index >= 15 is 0 Å². The van der Waals surface area contributed by atoms with Crippen molar-refractivity contribution in [3.8, 4) is 0 Å². The first kappa shape index (κ1) is 16.3. The van der Waals surface area contributed by atoms with Gasteiger partial charge in [0.1, 0.15) is 0 Å². The average molecular weight is 304 g/mol. The number of amides is 3. The molecule has 0 saturated heterocycles. The summed E-state index contributed by atoms with van der Waals surface area (Å²) in [4.78, 5) is 23.3. The molecule has 6 heteroatoms. The van der Waals surface area contributed by atoms with E-state index in [1.165, 1.54) is 0 Å². The molecule has 0 heterocycles. The van der Waals surface area contributed by atoms with Gasteiger partial charge in [0.05, 0.1) is 11.5 Å². The number of nitrogens with one attached hydrogen (secondary N) is 2. The van der Waals surface area contributed by atoms with Crippen LogP contribution in [0.4, 0.5) is 10.5 Å². The summed E-state index contributed by atoms with van der Waals surface area (Å²) < 4.78 is 0. The van der Waals surface area contributed by atoms with Gasteiger partial charge in [0.2, 0.25) is 5.91 Å². The lowest BCUT2D eigenvalue weighted by atomic mass is 9.85. The van der Waals surface area contributed by atoms with Gasteiger partial charge in [-0.3, -0.25) is 4.79 Å². The highest BCUT2D eigenvalue weighted by molar-refractivity contribution is 5.87. The fourth-order valence-corrected chi connectivity index (χ4v) is 3.01. The fraction of sp³-hybridized carbons (Fsp3) is 0.500. The van der Waals surface area contributed by atoms with Crippen LogP contribution in [-0.2, 0) is 4.79 Å². The maximum atomic E-state index is 12.5. The summed E-state index contributed by atoms with van der Waals surface area (Å²) in [5.74, 6) is 0.0411. The molecule has 0 radical (unpaired) electrons. The molecule has 1 aromatic carbocycles. The molecule has 0 bridgehead atoms. The van der Waals surface area contributed by atoms with Gasteiger partial charge in [-0.15, -0.1) is 0 Å². The number of carbonyl (C=O) groups is 2. The maximum absolute atomic E-state index is 12.5. The van der Waals surface area contributed by atoms with Crippen molar-refractivity contribution in [1.82, 2.24) is 5.32 Å². The second kappa shape index (κ2) is 6.79. The molecule has 22 heavy (non-hydrogen) atoms. The number of primary amides is 1. The average Bonchev–Trinajstić information content (AvgIpc) is 2.97. The smallest absolute Gasteiger partial charge is 0.316 e. The van der Waals surface area contributed by atoms with E-state index < -0.39 is 11.4 Å². The zero-order valence-corrected chi connectivity index (χ0v) is 12.9. The highest BCUT2D eigenvalue weighted by atomic mass is 16.2. The van der Waals surface area contributed by atoms with Crippen molar-refractivity contribution >= 4 is 17.6 Å². The van der Waals surface area contributed by atoms with Crippen molar-refractivity contribution in [2.24, 2.45) is 16.9 Å². The van der Waals surface area contributed by atoms with Crippen LogP contribution in [0.2, 0.25) is 0 Å². The minimum absolute atomic E-state index is 0.0411. The number of urea groups is 1. The van der Waals surface area contributed by atoms with Crippen LogP contribution in [0.15, 0.2) is 24.3 Å². The number of carbonyl (C=O) groups excluding carboxylic acids is 2. The summed E-state index contributed by atoms with van der Waals surface area (Å²) in [6.07, 6.45) is 3.85. The summed E-state index contributed by atoms with van der Waals surface area (Å²) in [7, 11) is 0. The second-order valence-corrected chi connectivity index (χ2v) is 6.00. The van der Waals surface area contributed by atoms with Crippen molar-refractivity contribution in [3.05, 3.63) is 29.8 Å². The molecule has 1 aromatic rings. The van der Waals surface area contributed by atoms with Gasteiger partial charge in [-0.1, -0.05) is 25.0 Å². The predicted octanol–water partition coefficient (Wildman–Crippen LogP) is 1.87. The molecule has 0 spiro atoms. The van der Waals surface area contributed by atoms with Crippen LogP contribution in [0.5, 0.6) is 0 Å². The molecule has 1 fully saturated rings. The third-order valence-electron chi connectivity index (χ3n) is 4.46. The van der Waals surface area contributed by atoms with Crippen LogP contribution in [0, 0.1) is 5.41 Å². The molecule has 1 saturated carbocycles. The summed E-state index contributed by atoms with van der Waals surface area (Å²) in [5, 5.41) is 5.57. The number of hydrogen-bond acceptors (Lipinski definition) is 3. The highest BCUT2D eigenvalue weighted by Crippen LogP contribution is 2.37. The molecule has 6 N–H and O–H groups in total. The van der Waals surface area contributed by atoms with Gasteiger partial charge in [-0.25, -0.2) is 4.79 Å². The van der Waals surface area contributed by atoms with Gasteiger partial charge in [-0.2, -0.15) is 0 Å². The van der Waals surface area contributed by atoms with Gasteiger partial charge in [0, 0.05) is 12.2 Å². The minimum atomic E-state index is -0.597. The second-order valence-electron chi connectivity index (χ2n) is 6.00. The predicted molar refractivity (Wildman–Crippen MR) is 86.2 cm³/mol. The van der Waals surface area contributed by atoms with E-state index in [2.05, 4.69) is 10.6 Å². The third kappa shape index (κ3) is 3.57. The normalized spacial score (nSPS) is 17.7. The lowest BCUT2D eigenvalue weighted by Gasteiger charge is -2.28. The van der Waals surface area contributed by atoms with Crippen molar-refractivity contribution in [2.45, 2.75) is 38.6 Å². The Balaban J connectivity index is 2.00. The Labute approximate surface area is 130 Å². The largest absolute Gasteiger partial charge is 0.351 e. The van der Waals surface area contributed by atoms with E-state index in [0.29, 0.717) is 12.2 Å². The van der Waals surface area contributed by atoms with Gasteiger partial charge in [0.15, 0.2) is 0 Å². The standard InChI is InChI=1S/C16H24N4O2/c1-11(12-4-6-13(7-5-12)20-15(18)22)19-14(21)16(10-17)8-2-3-9-16/h4-7,11H,2-3,8-10,17H2,1H3,(H,19,21)(H3,18,20,22). The van der Waals surface area contributed by atoms with Gasteiger partial charge >= 0.3 is 6.03 Å². The Kier molecular flexibility index (Phi) is 5.03. The molecular formula is C16H24N4O2. The third-order valence-corrected chi connectivity index (χ3v) is 4.46. The molecule has 0 aliphatic heterocycles. The van der Waals surface area contributed by atoms with Crippen LogP contribution in [0.3, 0.4) is 0 Å². The maximum Gasteiger partial charge on any atom is 0.316 e. The zero-order chi connectivity index (χ0) is 16.2. The number of benzene rings is 1. The quantitative estimate of drug-likeness (QED) is 0.666. The van der Waals surface area contributed by atoms with Gasteiger partial charge < -0.3 is 22.1 Å². The Morgan fingerprint density at radius 1 is 1.23 bits per heavy atom. The van der Waals surface area contributed by atoms with E-state index in [1.807, 2.05) is 19.1 Å². The molecule has 2 rings (SSSR count). The molecule has 120 valence electrons. The monoisotopic (exact) mass is 304 g/mol. The lowest BCUT2D eigenvalue weighted by Crippen LogP contribution is -2.44. The Bertz CT molecular complexity index is 536. The first-order chi connectivity index (χ1) is 10.5. The summed E-state index contributed by atoms with van der Waals surface area (Å²) in [6.45, 7) is 2.33. The van der Waals surface area contributed by atoms with E-state index in [4.69, 9.17) is 11.5 Å². The van der Waals surface area contributed by atoms with Crippen molar-refractivity contribution in [1.29, 1.82) is 0 Å². The highest BCUT2D eigenvalue weighted by Gasteiger charge is 2.40. The van der Waals surface area contributed by atoms with Gasteiger partial charge in [0.25, 0.3) is 0 Å². The number of hydrogen-bond donors (Lipinski definition) is 4. The van der Waals surface area contributed by atoms with Crippen LogP contribution in [-0.4, -0.2) is 18.5 Å². The summed E-state index contributed by atoms with van der Waals surface area (Å²) in [5.41, 5.74) is 12.1. The minimum Gasteiger partial charge on any atom is -0.351 e. The molecule has 6 nitrogen and oxygen atoms in total. The molecular weight excluding hydrogens is 280 g/mol. The number of rotatable bonds is 5.